The minimum atomic E-state index is -1.27. The number of hydrogen-bond donors (Lipinski definition) is 2. The fourth-order valence-electron chi connectivity index (χ4n) is 2.55. The van der Waals surface area contributed by atoms with Gasteiger partial charge in [-0.3, -0.25) is 9.59 Å². The van der Waals surface area contributed by atoms with Crippen molar-refractivity contribution in [1.82, 2.24) is 5.32 Å². The molecule has 0 atom stereocenters. The third-order valence-corrected chi connectivity index (χ3v) is 4.27. The molecule has 0 spiro atoms. The van der Waals surface area contributed by atoms with Gasteiger partial charge in [0.15, 0.2) is 0 Å². The molecule has 0 fully saturated rings. The number of methoxy groups -OCH3 is 1. The Morgan fingerprint density at radius 2 is 1.57 bits per heavy atom. The molecule has 0 radical (unpaired) electrons. The maximum atomic E-state index is 12.8. The summed E-state index contributed by atoms with van der Waals surface area (Å²) in [6.45, 7) is 7.27. The molecule has 2 aromatic rings. The zero-order valence-electron chi connectivity index (χ0n) is 17.0. The first-order chi connectivity index (χ1) is 13.3. The van der Waals surface area contributed by atoms with E-state index in [1.165, 1.54) is 0 Å². The van der Waals surface area contributed by atoms with Crippen LogP contribution >= 0.6 is 0 Å². The third kappa shape index (κ3) is 5.25. The van der Waals surface area contributed by atoms with Crippen LogP contribution < -0.4 is 20.1 Å². The fourth-order valence-corrected chi connectivity index (χ4v) is 2.55. The van der Waals surface area contributed by atoms with E-state index in [0.29, 0.717) is 17.2 Å². The minimum Gasteiger partial charge on any atom is -0.496 e. The first-order valence-electron chi connectivity index (χ1n) is 9.23. The third-order valence-electron chi connectivity index (χ3n) is 4.27. The Hall–Kier alpha value is -3.02. The van der Waals surface area contributed by atoms with Crippen LogP contribution in [0.25, 0.3) is 0 Å². The number of anilines is 1. The molecule has 150 valence electrons. The molecule has 0 aromatic heterocycles. The first kappa shape index (κ1) is 21.3. The van der Waals surface area contributed by atoms with E-state index in [2.05, 4.69) is 10.6 Å². The summed E-state index contributed by atoms with van der Waals surface area (Å²) in [6, 6.07) is 14.6. The van der Waals surface area contributed by atoms with E-state index < -0.39 is 11.3 Å². The highest BCUT2D eigenvalue weighted by Gasteiger charge is 2.36. The molecule has 0 bridgehead atoms. The Balaban J connectivity index is 2.07. The Kier molecular flexibility index (Phi) is 7.04. The van der Waals surface area contributed by atoms with E-state index in [0.717, 1.165) is 5.56 Å². The second-order valence-corrected chi connectivity index (χ2v) is 7.24. The SMILES string of the molecule is COc1ccccc1CNC(=O)C(C)(C)C(=O)Nc1ccccc1OC(C)C. The normalized spacial score (nSPS) is 11.1. The number of benzene rings is 2. The van der Waals surface area contributed by atoms with E-state index in [4.69, 9.17) is 9.47 Å². The van der Waals surface area contributed by atoms with Gasteiger partial charge in [-0.2, -0.15) is 0 Å². The molecule has 0 unspecified atom stereocenters. The lowest BCUT2D eigenvalue weighted by Gasteiger charge is -2.24. The van der Waals surface area contributed by atoms with Gasteiger partial charge in [0.1, 0.15) is 16.9 Å². The van der Waals surface area contributed by atoms with Crippen LogP contribution in [0.3, 0.4) is 0 Å². The van der Waals surface area contributed by atoms with Crippen molar-refractivity contribution in [2.45, 2.75) is 40.3 Å². The molecule has 2 N–H and O–H groups in total. The lowest BCUT2D eigenvalue weighted by atomic mass is 9.90. The largest absolute Gasteiger partial charge is 0.496 e. The topological polar surface area (TPSA) is 76.7 Å². The van der Waals surface area contributed by atoms with Crippen LogP contribution in [0.15, 0.2) is 48.5 Å². The van der Waals surface area contributed by atoms with Crippen molar-refractivity contribution in [2.75, 3.05) is 12.4 Å². The number of carbonyl (C=O) groups is 2. The number of amides is 2. The van der Waals surface area contributed by atoms with E-state index in [1.807, 2.05) is 44.2 Å². The lowest BCUT2D eigenvalue weighted by molar-refractivity contribution is -0.138. The van der Waals surface area contributed by atoms with Crippen LogP contribution in [-0.4, -0.2) is 25.0 Å². The van der Waals surface area contributed by atoms with Gasteiger partial charge in [-0.1, -0.05) is 30.3 Å². The molecule has 0 heterocycles. The van der Waals surface area contributed by atoms with E-state index in [-0.39, 0.29) is 18.6 Å². The molecule has 0 aliphatic rings. The lowest BCUT2D eigenvalue weighted by Crippen LogP contribution is -2.45. The molecular formula is C22H28N2O4. The van der Waals surface area contributed by atoms with Gasteiger partial charge in [0, 0.05) is 12.1 Å². The maximum absolute atomic E-state index is 12.8. The summed E-state index contributed by atoms with van der Waals surface area (Å²) in [5.74, 6) is 0.462. The Morgan fingerprint density at radius 1 is 0.964 bits per heavy atom. The highest BCUT2D eigenvalue weighted by Crippen LogP contribution is 2.27. The fraction of sp³-hybridized carbons (Fsp3) is 0.364. The zero-order chi connectivity index (χ0) is 20.7. The molecule has 2 amide bonds. The van der Waals surface area contributed by atoms with Crippen molar-refractivity contribution in [3.63, 3.8) is 0 Å². The summed E-state index contributed by atoms with van der Waals surface area (Å²) in [5, 5.41) is 5.62. The molecule has 0 aliphatic carbocycles. The van der Waals surface area contributed by atoms with Gasteiger partial charge in [0.25, 0.3) is 0 Å². The second kappa shape index (κ2) is 9.26. The van der Waals surface area contributed by atoms with Crippen LogP contribution in [0.5, 0.6) is 11.5 Å². The quantitative estimate of drug-likeness (QED) is 0.680. The van der Waals surface area contributed by atoms with E-state index in [9.17, 15) is 9.59 Å². The molecule has 28 heavy (non-hydrogen) atoms. The van der Waals surface area contributed by atoms with Crippen molar-refractivity contribution < 1.29 is 19.1 Å². The van der Waals surface area contributed by atoms with Crippen LogP contribution in [-0.2, 0) is 16.1 Å². The summed E-state index contributed by atoms with van der Waals surface area (Å²) >= 11 is 0. The molecule has 2 rings (SSSR count). The highest BCUT2D eigenvalue weighted by molar-refractivity contribution is 6.10. The molecule has 6 nitrogen and oxygen atoms in total. The summed E-state index contributed by atoms with van der Waals surface area (Å²) in [4.78, 5) is 25.5. The molecule has 6 heteroatoms. The van der Waals surface area contributed by atoms with Gasteiger partial charge >= 0.3 is 0 Å². The van der Waals surface area contributed by atoms with Gasteiger partial charge in [0.05, 0.1) is 18.9 Å². The minimum absolute atomic E-state index is 0.0322. The predicted octanol–water partition coefficient (Wildman–Crippen LogP) is 3.76. The van der Waals surface area contributed by atoms with Crippen molar-refractivity contribution in [1.29, 1.82) is 0 Å². The zero-order valence-corrected chi connectivity index (χ0v) is 17.0. The number of hydrogen-bond acceptors (Lipinski definition) is 4. The highest BCUT2D eigenvalue weighted by atomic mass is 16.5. The smallest absolute Gasteiger partial charge is 0.239 e. The average molecular weight is 384 g/mol. The van der Waals surface area contributed by atoms with Gasteiger partial charge < -0.3 is 20.1 Å². The summed E-state index contributed by atoms with van der Waals surface area (Å²) in [5.41, 5.74) is 0.101. The molecule has 2 aromatic carbocycles. The monoisotopic (exact) mass is 384 g/mol. The van der Waals surface area contributed by atoms with Gasteiger partial charge in [-0.05, 0) is 45.9 Å². The number of nitrogens with one attached hydrogen (secondary N) is 2. The number of ether oxygens (including phenoxy) is 2. The van der Waals surface area contributed by atoms with Crippen molar-refractivity contribution in [3.8, 4) is 11.5 Å². The second-order valence-electron chi connectivity index (χ2n) is 7.24. The van der Waals surface area contributed by atoms with E-state index in [1.54, 1.807) is 39.2 Å². The standard InChI is InChI=1S/C22H28N2O4/c1-15(2)28-19-13-9-7-11-17(19)24-21(26)22(3,4)20(25)23-14-16-10-6-8-12-18(16)27-5/h6-13,15H,14H2,1-5H3,(H,23,25)(H,24,26). The van der Waals surface area contributed by atoms with Crippen LogP contribution in [0.1, 0.15) is 33.3 Å². The van der Waals surface area contributed by atoms with Crippen molar-refractivity contribution in [2.24, 2.45) is 5.41 Å². The molecular weight excluding hydrogens is 356 g/mol. The van der Waals surface area contributed by atoms with Gasteiger partial charge in [0.2, 0.25) is 11.8 Å². The number of para-hydroxylation sites is 3. The summed E-state index contributed by atoms with van der Waals surface area (Å²) < 4.78 is 11.0. The van der Waals surface area contributed by atoms with Crippen molar-refractivity contribution >= 4 is 17.5 Å². The first-order valence-corrected chi connectivity index (χ1v) is 9.23. The van der Waals surface area contributed by atoms with E-state index >= 15 is 0 Å². The Bertz CT molecular complexity index is 831. The average Bonchev–Trinajstić information content (AvgIpc) is 2.67. The van der Waals surface area contributed by atoms with Crippen molar-refractivity contribution in [3.05, 3.63) is 54.1 Å². The molecule has 0 saturated heterocycles. The number of rotatable bonds is 8. The Labute approximate surface area is 166 Å². The van der Waals surface area contributed by atoms with Crippen LogP contribution in [0, 0.1) is 5.41 Å². The summed E-state index contributed by atoms with van der Waals surface area (Å²) in [7, 11) is 1.58. The summed E-state index contributed by atoms with van der Waals surface area (Å²) in [6.07, 6.45) is -0.0322. The number of carbonyl (C=O) groups excluding carboxylic acids is 2. The van der Waals surface area contributed by atoms with Gasteiger partial charge in [-0.15, -0.1) is 0 Å². The van der Waals surface area contributed by atoms with Gasteiger partial charge in [-0.25, -0.2) is 0 Å². The Morgan fingerprint density at radius 3 is 2.21 bits per heavy atom. The van der Waals surface area contributed by atoms with Crippen LogP contribution in [0.4, 0.5) is 5.69 Å². The molecule has 0 aliphatic heterocycles. The predicted molar refractivity (Wildman–Crippen MR) is 109 cm³/mol. The molecule has 0 saturated carbocycles. The maximum Gasteiger partial charge on any atom is 0.239 e. The van der Waals surface area contributed by atoms with Crippen LogP contribution in [0.2, 0.25) is 0 Å².